The molecule has 1 aromatic rings. The van der Waals surface area contributed by atoms with Crippen LogP contribution in [0.5, 0.6) is 0 Å². The number of hydrogen-bond donors (Lipinski definition) is 1. The molecule has 10 heteroatoms. The summed E-state index contributed by atoms with van der Waals surface area (Å²) >= 11 is 0. The second-order valence-electron chi connectivity index (χ2n) is 7.69. The third-order valence-corrected chi connectivity index (χ3v) is 6.00. The quantitative estimate of drug-likeness (QED) is 0.208. The van der Waals surface area contributed by atoms with E-state index in [-0.39, 0.29) is 11.5 Å². The number of methoxy groups -OCH3 is 1. The van der Waals surface area contributed by atoms with E-state index >= 15 is 0 Å². The van der Waals surface area contributed by atoms with Gasteiger partial charge in [0.1, 0.15) is 11.5 Å². The minimum atomic E-state index is -5.79. The zero-order valence-corrected chi connectivity index (χ0v) is 19.3. The lowest BCUT2D eigenvalue weighted by atomic mass is 10.1. The molecule has 0 radical (unpaired) electrons. The molecule has 0 spiro atoms. The normalized spacial score (nSPS) is 15.7. The van der Waals surface area contributed by atoms with Crippen LogP contribution in [0.4, 0.5) is 13.2 Å². The van der Waals surface area contributed by atoms with Gasteiger partial charge in [-0.3, -0.25) is 0 Å². The molecule has 1 aromatic heterocycles. The lowest BCUT2D eigenvalue weighted by molar-refractivity contribution is -0.0504. The van der Waals surface area contributed by atoms with Gasteiger partial charge in [0.25, 0.3) is 0 Å². The fourth-order valence-corrected chi connectivity index (χ4v) is 3.73. The van der Waals surface area contributed by atoms with Gasteiger partial charge in [0.2, 0.25) is 5.90 Å². The lowest BCUT2D eigenvalue weighted by Gasteiger charge is -2.07. The maximum absolute atomic E-state index is 12.5. The third kappa shape index (κ3) is 8.03. The number of hydrogen-bond acceptors (Lipinski definition) is 5. The zero-order chi connectivity index (χ0) is 23.6. The second kappa shape index (κ2) is 12.1. The first-order valence-electron chi connectivity index (χ1n) is 10.9. The van der Waals surface area contributed by atoms with Crippen molar-refractivity contribution >= 4 is 22.1 Å². The molecule has 1 aliphatic heterocycles. The van der Waals surface area contributed by atoms with Crippen molar-refractivity contribution in [2.45, 2.75) is 76.6 Å². The summed E-state index contributed by atoms with van der Waals surface area (Å²) in [5.41, 5.74) is -3.65. The van der Waals surface area contributed by atoms with Crippen molar-refractivity contribution in [3.8, 4) is 0 Å². The van der Waals surface area contributed by atoms with Gasteiger partial charge in [0.05, 0.1) is 7.11 Å². The van der Waals surface area contributed by atoms with E-state index in [9.17, 15) is 21.6 Å². The van der Waals surface area contributed by atoms with Crippen LogP contribution in [0.3, 0.4) is 0 Å². The SMILES string of the molecule is CCCCCCCCCCCc1ccc(/C=C2\N=C(OS(=O)(=O)C(F)(F)F)C=C2OC)[nH]1. The highest BCUT2D eigenvalue weighted by molar-refractivity contribution is 7.88. The molecule has 0 unspecified atom stereocenters. The number of ether oxygens (including phenoxy) is 1. The van der Waals surface area contributed by atoms with Crippen LogP contribution in [0.25, 0.3) is 6.08 Å². The molecule has 0 atom stereocenters. The molecule has 0 bridgehead atoms. The molecule has 0 saturated heterocycles. The Morgan fingerprint density at radius 3 is 2.25 bits per heavy atom. The average molecular weight is 477 g/mol. The summed E-state index contributed by atoms with van der Waals surface area (Å²) in [6.07, 6.45) is 14.7. The smallest absolute Gasteiger partial charge is 0.494 e. The summed E-state index contributed by atoms with van der Waals surface area (Å²) in [7, 11) is -4.49. The molecule has 0 fully saturated rings. The number of alkyl halides is 3. The average Bonchev–Trinajstić information content (AvgIpc) is 3.32. The molecular weight excluding hydrogens is 445 g/mol. The predicted molar refractivity (Wildman–Crippen MR) is 118 cm³/mol. The topological polar surface area (TPSA) is 80.8 Å². The van der Waals surface area contributed by atoms with E-state index in [1.54, 1.807) is 6.08 Å². The van der Waals surface area contributed by atoms with Crippen molar-refractivity contribution in [3.63, 3.8) is 0 Å². The Morgan fingerprint density at radius 2 is 1.66 bits per heavy atom. The number of aliphatic imine (C=N–C) groups is 1. The Kier molecular flexibility index (Phi) is 9.86. The van der Waals surface area contributed by atoms with E-state index in [1.807, 2.05) is 12.1 Å². The first-order valence-corrected chi connectivity index (χ1v) is 12.3. The van der Waals surface area contributed by atoms with Crippen LogP contribution in [-0.4, -0.2) is 31.9 Å². The van der Waals surface area contributed by atoms with Crippen LogP contribution in [0, 0.1) is 0 Å². The van der Waals surface area contributed by atoms with Crippen LogP contribution in [0.1, 0.15) is 76.1 Å². The van der Waals surface area contributed by atoms with Crippen LogP contribution in [0.15, 0.2) is 34.7 Å². The van der Waals surface area contributed by atoms with Crippen LogP contribution in [0.2, 0.25) is 0 Å². The van der Waals surface area contributed by atoms with Crippen LogP contribution >= 0.6 is 0 Å². The number of halogens is 3. The molecule has 2 heterocycles. The minimum Gasteiger partial charge on any atom is -0.494 e. The van der Waals surface area contributed by atoms with Gasteiger partial charge < -0.3 is 13.9 Å². The molecule has 0 aliphatic carbocycles. The zero-order valence-electron chi connectivity index (χ0n) is 18.5. The molecule has 32 heavy (non-hydrogen) atoms. The third-order valence-electron chi connectivity index (χ3n) is 5.05. The van der Waals surface area contributed by atoms with Crippen LogP contribution < -0.4 is 0 Å². The number of nitrogens with zero attached hydrogens (tertiary/aromatic N) is 1. The van der Waals surface area contributed by atoms with Crippen molar-refractivity contribution in [2.75, 3.05) is 7.11 Å². The van der Waals surface area contributed by atoms with Crippen LogP contribution in [-0.2, 0) is 25.5 Å². The molecule has 0 aromatic carbocycles. The predicted octanol–water partition coefficient (Wildman–Crippen LogP) is 6.24. The highest BCUT2D eigenvalue weighted by Gasteiger charge is 2.49. The van der Waals surface area contributed by atoms with Gasteiger partial charge in [0, 0.05) is 17.5 Å². The molecule has 1 N–H and O–H groups in total. The summed E-state index contributed by atoms with van der Waals surface area (Å²) in [4.78, 5) is 7.03. The van der Waals surface area contributed by atoms with E-state index in [0.29, 0.717) is 5.69 Å². The number of aromatic nitrogens is 1. The molecule has 180 valence electrons. The van der Waals surface area contributed by atoms with E-state index in [4.69, 9.17) is 4.74 Å². The number of unbranched alkanes of at least 4 members (excludes halogenated alkanes) is 8. The highest BCUT2D eigenvalue weighted by atomic mass is 32.2. The fourth-order valence-electron chi connectivity index (χ4n) is 3.32. The monoisotopic (exact) mass is 476 g/mol. The Morgan fingerprint density at radius 1 is 1.03 bits per heavy atom. The van der Waals surface area contributed by atoms with Crippen molar-refractivity contribution in [2.24, 2.45) is 4.99 Å². The first-order chi connectivity index (χ1) is 15.2. The first kappa shape index (κ1) is 26.0. The number of nitrogens with one attached hydrogen (secondary N) is 1. The van der Waals surface area contributed by atoms with E-state index in [2.05, 4.69) is 21.1 Å². The van der Waals surface area contributed by atoms with Gasteiger partial charge in [-0.2, -0.15) is 21.6 Å². The van der Waals surface area contributed by atoms with Crippen molar-refractivity contribution in [1.29, 1.82) is 0 Å². The largest absolute Gasteiger partial charge is 0.534 e. The van der Waals surface area contributed by atoms with Gasteiger partial charge >= 0.3 is 15.6 Å². The number of H-pyrrole nitrogens is 1. The van der Waals surface area contributed by atoms with Crippen molar-refractivity contribution in [3.05, 3.63) is 41.1 Å². The molecule has 0 amide bonds. The minimum absolute atomic E-state index is 0.104. The standard InChI is InChI=1S/C22H31F3N2O4S/c1-3-4-5-6-7-8-9-10-11-12-17-13-14-18(26-17)15-19-20(30-2)16-21(27-19)31-32(28,29)22(23,24)25/h13-16,26H,3-12H2,1-2H3/b19-15-. The molecule has 6 nitrogen and oxygen atoms in total. The Hall–Kier alpha value is -2.23. The summed E-state index contributed by atoms with van der Waals surface area (Å²) in [6, 6.07) is 3.77. The summed E-state index contributed by atoms with van der Waals surface area (Å²) < 4.78 is 69.0. The van der Waals surface area contributed by atoms with Gasteiger partial charge in [-0.1, -0.05) is 58.3 Å². The van der Waals surface area contributed by atoms with E-state index in [0.717, 1.165) is 24.6 Å². The Balaban J connectivity index is 1.86. The van der Waals surface area contributed by atoms with Gasteiger partial charge in [-0.15, -0.1) is 0 Å². The highest BCUT2D eigenvalue weighted by Crippen LogP contribution is 2.28. The summed E-state index contributed by atoms with van der Waals surface area (Å²) in [5.74, 6) is -0.598. The Bertz CT molecular complexity index is 931. The number of rotatable bonds is 13. The maximum Gasteiger partial charge on any atom is 0.534 e. The van der Waals surface area contributed by atoms with Crippen molar-refractivity contribution < 1.29 is 30.5 Å². The summed E-state index contributed by atoms with van der Waals surface area (Å²) in [6.45, 7) is 2.22. The van der Waals surface area contributed by atoms with Gasteiger partial charge in [0.15, 0.2) is 0 Å². The second-order valence-corrected chi connectivity index (χ2v) is 9.23. The fraction of sp³-hybridized carbons (Fsp3) is 0.591. The number of aromatic amines is 1. The van der Waals surface area contributed by atoms with E-state index < -0.39 is 21.5 Å². The van der Waals surface area contributed by atoms with Gasteiger partial charge in [-0.05, 0) is 31.1 Å². The number of aryl methyl sites for hydroxylation is 1. The molecule has 0 saturated carbocycles. The van der Waals surface area contributed by atoms with Crippen molar-refractivity contribution in [1.82, 2.24) is 4.98 Å². The van der Waals surface area contributed by atoms with E-state index in [1.165, 1.54) is 58.5 Å². The van der Waals surface area contributed by atoms with Gasteiger partial charge in [-0.25, -0.2) is 4.99 Å². The maximum atomic E-state index is 12.5. The summed E-state index contributed by atoms with van der Waals surface area (Å²) in [5, 5.41) is 0. The lowest BCUT2D eigenvalue weighted by Crippen LogP contribution is -2.27. The Labute approximate surface area is 187 Å². The molecule has 1 aliphatic rings. The molecule has 2 rings (SSSR count). The molecular formula is C22H31F3N2O4S.